The average Bonchev–Trinajstić information content (AvgIpc) is 2.60. The highest BCUT2D eigenvalue weighted by atomic mass is 19.2. The van der Waals surface area contributed by atoms with Crippen molar-refractivity contribution in [3.63, 3.8) is 0 Å². The Morgan fingerprint density at radius 2 is 1.54 bits per heavy atom. The summed E-state index contributed by atoms with van der Waals surface area (Å²) in [6, 6.07) is 12.5. The van der Waals surface area contributed by atoms with Crippen molar-refractivity contribution >= 4 is 0 Å². The summed E-state index contributed by atoms with van der Waals surface area (Å²) < 4.78 is 26.5. The third kappa shape index (κ3) is 3.53. The van der Waals surface area contributed by atoms with Crippen LogP contribution in [0.3, 0.4) is 0 Å². The Morgan fingerprint density at radius 3 is 2.12 bits per heavy atom. The summed E-state index contributed by atoms with van der Waals surface area (Å²) in [5.41, 5.74) is 3.26. The van der Waals surface area contributed by atoms with E-state index < -0.39 is 11.6 Å². The van der Waals surface area contributed by atoms with Crippen LogP contribution in [0, 0.1) is 17.6 Å². The zero-order chi connectivity index (χ0) is 17.2. The third-order valence-electron chi connectivity index (χ3n) is 5.74. The Labute approximate surface area is 143 Å². The summed E-state index contributed by atoms with van der Waals surface area (Å²) in [5, 5.41) is 0. The fourth-order valence-corrected chi connectivity index (χ4v) is 4.04. The van der Waals surface area contributed by atoms with Crippen molar-refractivity contribution in [2.45, 2.75) is 57.8 Å². The predicted molar refractivity (Wildman–Crippen MR) is 96.0 cm³/mol. The van der Waals surface area contributed by atoms with Gasteiger partial charge in [0.05, 0.1) is 0 Å². The maximum absolute atomic E-state index is 13.4. The van der Waals surface area contributed by atoms with Gasteiger partial charge in [-0.25, -0.2) is 8.78 Å². The highest BCUT2D eigenvalue weighted by Gasteiger charge is 2.32. The molecule has 2 heteroatoms. The lowest BCUT2D eigenvalue weighted by atomic mass is 9.67. The van der Waals surface area contributed by atoms with Gasteiger partial charge in [0.2, 0.25) is 0 Å². The highest BCUT2D eigenvalue weighted by molar-refractivity contribution is 5.64. The van der Waals surface area contributed by atoms with Gasteiger partial charge < -0.3 is 0 Å². The molecule has 128 valence electrons. The average molecular weight is 328 g/mol. The van der Waals surface area contributed by atoms with E-state index in [4.69, 9.17) is 0 Å². The highest BCUT2D eigenvalue weighted by Crippen LogP contribution is 2.42. The first-order chi connectivity index (χ1) is 11.5. The molecule has 0 aromatic heterocycles. The number of hydrogen-bond acceptors (Lipinski definition) is 0. The largest absolute Gasteiger partial charge is 0.204 e. The van der Waals surface area contributed by atoms with Crippen LogP contribution >= 0.6 is 0 Å². The van der Waals surface area contributed by atoms with Gasteiger partial charge in [-0.3, -0.25) is 0 Å². The quantitative estimate of drug-likeness (QED) is 0.574. The zero-order valence-corrected chi connectivity index (χ0v) is 14.6. The minimum absolute atomic E-state index is 0.247. The number of halogens is 2. The predicted octanol–water partition coefficient (Wildman–Crippen LogP) is 6.88. The van der Waals surface area contributed by atoms with Gasteiger partial charge >= 0.3 is 0 Å². The number of hydrogen-bond donors (Lipinski definition) is 0. The van der Waals surface area contributed by atoms with Crippen LogP contribution in [-0.2, 0) is 5.41 Å². The van der Waals surface area contributed by atoms with Crippen LogP contribution in [0.1, 0.15) is 57.9 Å². The van der Waals surface area contributed by atoms with Crippen LogP contribution in [0.2, 0.25) is 0 Å². The van der Waals surface area contributed by atoms with E-state index in [1.54, 1.807) is 6.07 Å². The van der Waals surface area contributed by atoms with Gasteiger partial charge in [-0.1, -0.05) is 57.0 Å². The maximum Gasteiger partial charge on any atom is 0.159 e. The molecule has 0 radical (unpaired) electrons. The van der Waals surface area contributed by atoms with Crippen molar-refractivity contribution in [3.05, 3.63) is 59.7 Å². The molecule has 0 N–H and O–H groups in total. The van der Waals surface area contributed by atoms with Crippen molar-refractivity contribution in [2.24, 2.45) is 5.92 Å². The lowest BCUT2D eigenvalue weighted by Crippen LogP contribution is -2.28. The molecule has 24 heavy (non-hydrogen) atoms. The van der Waals surface area contributed by atoms with E-state index in [-0.39, 0.29) is 5.41 Å². The molecule has 1 aliphatic rings. The summed E-state index contributed by atoms with van der Waals surface area (Å²) in [4.78, 5) is 0. The molecule has 0 amide bonds. The van der Waals surface area contributed by atoms with E-state index >= 15 is 0 Å². The van der Waals surface area contributed by atoms with Gasteiger partial charge in [0.25, 0.3) is 0 Å². The van der Waals surface area contributed by atoms with Crippen LogP contribution in [0.4, 0.5) is 8.78 Å². The van der Waals surface area contributed by atoms with Gasteiger partial charge in [-0.05, 0) is 65.8 Å². The van der Waals surface area contributed by atoms with Crippen LogP contribution in [0.25, 0.3) is 11.1 Å². The van der Waals surface area contributed by atoms with Crippen molar-refractivity contribution < 1.29 is 8.78 Å². The minimum atomic E-state index is -0.799. The molecule has 0 unspecified atom stereocenters. The fourth-order valence-electron chi connectivity index (χ4n) is 4.04. The normalized spacial score (nSPS) is 24.1. The van der Waals surface area contributed by atoms with Gasteiger partial charge in [-0.2, -0.15) is 0 Å². The van der Waals surface area contributed by atoms with E-state index in [0.717, 1.165) is 17.0 Å². The Bertz CT molecular complexity index is 680. The summed E-state index contributed by atoms with van der Waals surface area (Å²) in [6.45, 7) is 4.63. The molecule has 0 spiro atoms. The van der Waals surface area contributed by atoms with E-state index in [0.29, 0.717) is 0 Å². The van der Waals surface area contributed by atoms with Crippen LogP contribution in [-0.4, -0.2) is 0 Å². The molecule has 0 heterocycles. The molecule has 2 aromatic rings. The van der Waals surface area contributed by atoms with E-state index in [1.165, 1.54) is 56.2 Å². The Kier molecular flexibility index (Phi) is 5.03. The van der Waals surface area contributed by atoms with Crippen LogP contribution < -0.4 is 0 Å². The van der Waals surface area contributed by atoms with E-state index in [2.05, 4.69) is 26.0 Å². The maximum atomic E-state index is 13.4. The molecular weight excluding hydrogens is 302 g/mol. The molecule has 0 bridgehead atoms. The monoisotopic (exact) mass is 328 g/mol. The second-order valence-electron chi connectivity index (χ2n) is 7.50. The van der Waals surface area contributed by atoms with Gasteiger partial charge in [0.15, 0.2) is 11.6 Å². The standard InChI is InChI=1S/C22H26F2/c1-3-4-16-11-13-22(2,14-12-16)19-8-5-17(6-9-19)18-7-10-20(23)21(24)15-18/h5-10,15-16H,3-4,11-14H2,1-2H3. The van der Waals surface area contributed by atoms with E-state index in [9.17, 15) is 8.78 Å². The van der Waals surface area contributed by atoms with Crippen molar-refractivity contribution in [1.82, 2.24) is 0 Å². The van der Waals surface area contributed by atoms with Crippen LogP contribution in [0.15, 0.2) is 42.5 Å². The topological polar surface area (TPSA) is 0 Å². The number of rotatable bonds is 4. The second-order valence-corrected chi connectivity index (χ2v) is 7.50. The molecule has 0 nitrogen and oxygen atoms in total. The number of benzene rings is 2. The third-order valence-corrected chi connectivity index (χ3v) is 5.74. The van der Waals surface area contributed by atoms with Gasteiger partial charge in [-0.15, -0.1) is 0 Å². The Balaban J connectivity index is 1.76. The zero-order valence-electron chi connectivity index (χ0n) is 14.6. The molecule has 1 aliphatic carbocycles. The first kappa shape index (κ1) is 17.1. The van der Waals surface area contributed by atoms with Gasteiger partial charge in [0, 0.05) is 0 Å². The minimum Gasteiger partial charge on any atom is -0.204 e. The molecule has 0 aliphatic heterocycles. The SMILES string of the molecule is CCCC1CCC(C)(c2ccc(-c3ccc(F)c(F)c3)cc2)CC1. The van der Waals surface area contributed by atoms with Crippen LogP contribution in [0.5, 0.6) is 0 Å². The summed E-state index contributed by atoms with van der Waals surface area (Å²) in [6.07, 6.45) is 7.74. The molecule has 1 saturated carbocycles. The first-order valence-corrected chi connectivity index (χ1v) is 9.08. The lowest BCUT2D eigenvalue weighted by Gasteiger charge is -2.38. The van der Waals surface area contributed by atoms with E-state index in [1.807, 2.05) is 12.1 Å². The smallest absolute Gasteiger partial charge is 0.159 e. The van der Waals surface area contributed by atoms with Crippen molar-refractivity contribution in [2.75, 3.05) is 0 Å². The first-order valence-electron chi connectivity index (χ1n) is 9.08. The molecule has 2 aromatic carbocycles. The second kappa shape index (κ2) is 7.04. The summed E-state index contributed by atoms with van der Waals surface area (Å²) in [5.74, 6) is -0.700. The molecule has 0 saturated heterocycles. The summed E-state index contributed by atoms with van der Waals surface area (Å²) in [7, 11) is 0. The van der Waals surface area contributed by atoms with Crippen molar-refractivity contribution in [3.8, 4) is 11.1 Å². The molecule has 3 rings (SSSR count). The molecule has 0 atom stereocenters. The molecular formula is C22H26F2. The summed E-state index contributed by atoms with van der Waals surface area (Å²) >= 11 is 0. The lowest BCUT2D eigenvalue weighted by molar-refractivity contribution is 0.237. The molecule has 1 fully saturated rings. The Morgan fingerprint density at radius 1 is 0.917 bits per heavy atom. The van der Waals surface area contributed by atoms with Gasteiger partial charge in [0.1, 0.15) is 0 Å². The van der Waals surface area contributed by atoms with Crippen molar-refractivity contribution in [1.29, 1.82) is 0 Å². The Hall–Kier alpha value is -1.70. The fraction of sp³-hybridized carbons (Fsp3) is 0.455.